The maximum atomic E-state index is 14.8. The number of carbonyl (C=O) groups excluding carboxylic acids is 1. The van der Waals surface area contributed by atoms with Crippen molar-refractivity contribution in [3.8, 4) is 5.75 Å². The third-order valence-corrected chi connectivity index (χ3v) is 5.91. The van der Waals surface area contributed by atoms with Crippen LogP contribution in [0.3, 0.4) is 0 Å². The van der Waals surface area contributed by atoms with Crippen LogP contribution in [0.25, 0.3) is 16.3 Å². The smallest absolute Gasteiger partial charge is 0.277 e. The van der Waals surface area contributed by atoms with E-state index >= 15 is 0 Å². The van der Waals surface area contributed by atoms with Crippen molar-refractivity contribution in [1.29, 1.82) is 0 Å². The molecule has 0 saturated heterocycles. The summed E-state index contributed by atoms with van der Waals surface area (Å²) in [6.07, 6.45) is 3.51. The number of fused-ring (bicyclic) bond motifs is 2. The minimum atomic E-state index is -0.424. The first-order chi connectivity index (χ1) is 15.8. The zero-order valence-corrected chi connectivity index (χ0v) is 19.4. The first-order valence-corrected chi connectivity index (χ1v) is 11.0. The Balaban J connectivity index is 1.44. The van der Waals surface area contributed by atoms with Crippen molar-refractivity contribution in [2.45, 2.75) is 33.2 Å². The molecule has 33 heavy (non-hydrogen) atoms. The van der Waals surface area contributed by atoms with Crippen molar-refractivity contribution in [3.05, 3.63) is 77.6 Å². The number of hydrogen-bond donors (Lipinski definition) is 1. The summed E-state index contributed by atoms with van der Waals surface area (Å²) in [5.41, 5.74) is 5.45. The fourth-order valence-electron chi connectivity index (χ4n) is 4.46. The quantitative estimate of drug-likeness (QED) is 0.401. The van der Waals surface area contributed by atoms with Crippen LogP contribution in [-0.2, 0) is 4.79 Å². The van der Waals surface area contributed by atoms with Crippen LogP contribution in [0.5, 0.6) is 5.75 Å². The Bertz CT molecular complexity index is 1260. The van der Waals surface area contributed by atoms with Crippen molar-refractivity contribution >= 4 is 34.2 Å². The number of allylic oxidation sites excluding steroid dienone is 1. The molecule has 1 heterocycles. The summed E-state index contributed by atoms with van der Waals surface area (Å²) in [5, 5.41) is 5.90. The highest BCUT2D eigenvalue weighted by Gasteiger charge is 2.30. The average molecular weight is 446 g/mol. The minimum absolute atomic E-state index is 0.189. The van der Waals surface area contributed by atoms with E-state index in [0.29, 0.717) is 11.3 Å². The molecule has 0 aromatic heterocycles. The van der Waals surface area contributed by atoms with E-state index in [1.807, 2.05) is 49.4 Å². The van der Waals surface area contributed by atoms with Gasteiger partial charge in [0.1, 0.15) is 11.6 Å². The zero-order chi connectivity index (χ0) is 23.6. The first-order valence-electron chi connectivity index (χ1n) is 11.0. The highest BCUT2D eigenvalue weighted by Crippen LogP contribution is 2.39. The number of anilines is 1. The first kappa shape index (κ1) is 22.5. The fourth-order valence-corrected chi connectivity index (χ4v) is 4.46. The largest absolute Gasteiger partial charge is 0.483 e. The van der Waals surface area contributed by atoms with Gasteiger partial charge in [0.25, 0.3) is 5.91 Å². The number of nitrogens with one attached hydrogen (secondary N) is 1. The van der Waals surface area contributed by atoms with Gasteiger partial charge in [-0.25, -0.2) is 9.82 Å². The maximum absolute atomic E-state index is 14.8. The standard InChI is InChI=1S/C27H28FN3O2/c1-5-31-24-14-23(28)20(13-22(24)18(2)15-27(31,3)4)16-29-30-26(32)17-33-25-12-8-10-19-9-6-7-11-21(19)25/h6-16H,5,17H2,1-4H3,(H,30,32)/b29-16+. The van der Waals surface area contributed by atoms with Gasteiger partial charge in [-0.15, -0.1) is 0 Å². The third kappa shape index (κ3) is 4.60. The topological polar surface area (TPSA) is 53.9 Å². The second-order valence-electron chi connectivity index (χ2n) is 8.68. The molecule has 1 amide bonds. The van der Waals surface area contributed by atoms with Gasteiger partial charge in [0.15, 0.2) is 6.61 Å². The zero-order valence-electron chi connectivity index (χ0n) is 19.4. The Morgan fingerprint density at radius 3 is 2.73 bits per heavy atom. The molecule has 1 N–H and O–H groups in total. The molecule has 3 aromatic carbocycles. The summed E-state index contributed by atoms with van der Waals surface area (Å²) in [7, 11) is 0. The highest BCUT2D eigenvalue weighted by atomic mass is 19.1. The summed E-state index contributed by atoms with van der Waals surface area (Å²) in [6, 6.07) is 16.8. The predicted octanol–water partition coefficient (Wildman–Crippen LogP) is 5.53. The number of ether oxygens (including phenoxy) is 1. The Morgan fingerprint density at radius 1 is 1.18 bits per heavy atom. The number of hydrazone groups is 1. The molecule has 0 fully saturated rings. The van der Waals surface area contributed by atoms with Crippen LogP contribution in [0, 0.1) is 5.82 Å². The van der Waals surface area contributed by atoms with Crippen molar-refractivity contribution in [1.82, 2.24) is 5.43 Å². The molecule has 0 bridgehead atoms. The van der Waals surface area contributed by atoms with Gasteiger partial charge in [-0.05, 0) is 56.9 Å². The van der Waals surface area contributed by atoms with E-state index in [0.717, 1.165) is 34.1 Å². The van der Waals surface area contributed by atoms with Gasteiger partial charge in [-0.1, -0.05) is 42.5 Å². The van der Waals surface area contributed by atoms with Crippen molar-refractivity contribution in [2.24, 2.45) is 5.10 Å². The van der Waals surface area contributed by atoms with Crippen LogP contribution in [0.15, 0.2) is 65.8 Å². The second kappa shape index (κ2) is 9.06. The van der Waals surface area contributed by atoms with Crippen LogP contribution in [-0.4, -0.2) is 30.8 Å². The number of carbonyl (C=O) groups is 1. The number of likely N-dealkylation sites (N-methyl/N-ethyl adjacent to an activating group) is 1. The van der Waals surface area contributed by atoms with Crippen LogP contribution in [0.4, 0.5) is 10.1 Å². The summed E-state index contributed by atoms with van der Waals surface area (Å²) >= 11 is 0. The van der Waals surface area contributed by atoms with Gasteiger partial charge >= 0.3 is 0 Å². The molecule has 0 aliphatic carbocycles. The average Bonchev–Trinajstić information content (AvgIpc) is 2.78. The molecule has 170 valence electrons. The molecule has 6 heteroatoms. The van der Waals surface area contributed by atoms with Crippen LogP contribution in [0.2, 0.25) is 0 Å². The van der Waals surface area contributed by atoms with E-state index in [4.69, 9.17) is 4.74 Å². The molecular weight excluding hydrogens is 417 g/mol. The van der Waals surface area contributed by atoms with E-state index in [-0.39, 0.29) is 18.0 Å². The maximum Gasteiger partial charge on any atom is 0.277 e. The number of amides is 1. The van der Waals surface area contributed by atoms with Gasteiger partial charge in [-0.2, -0.15) is 5.10 Å². The summed E-state index contributed by atoms with van der Waals surface area (Å²) in [6.45, 7) is 8.89. The number of hydrogen-bond acceptors (Lipinski definition) is 4. The van der Waals surface area contributed by atoms with Gasteiger partial charge in [-0.3, -0.25) is 4.79 Å². The molecule has 5 nitrogen and oxygen atoms in total. The highest BCUT2D eigenvalue weighted by molar-refractivity contribution is 5.90. The van der Waals surface area contributed by atoms with E-state index in [1.165, 1.54) is 6.21 Å². The monoisotopic (exact) mass is 445 g/mol. The molecule has 0 spiro atoms. The van der Waals surface area contributed by atoms with Gasteiger partial charge in [0, 0.05) is 28.7 Å². The fraction of sp³-hybridized carbons (Fsp3) is 0.259. The normalized spacial score (nSPS) is 14.8. The minimum Gasteiger partial charge on any atom is -0.483 e. The number of nitrogens with zero attached hydrogens (tertiary/aromatic N) is 2. The molecule has 0 unspecified atom stereocenters. The van der Waals surface area contributed by atoms with E-state index < -0.39 is 5.91 Å². The molecule has 1 aliphatic heterocycles. The van der Waals surface area contributed by atoms with Gasteiger partial charge in [0.05, 0.1) is 11.8 Å². The lowest BCUT2D eigenvalue weighted by Gasteiger charge is -2.42. The van der Waals surface area contributed by atoms with Crippen LogP contribution < -0.4 is 15.1 Å². The van der Waals surface area contributed by atoms with Gasteiger partial charge in [0.2, 0.25) is 0 Å². The van der Waals surface area contributed by atoms with E-state index in [2.05, 4.69) is 42.3 Å². The van der Waals surface area contributed by atoms with Crippen LogP contribution >= 0.6 is 0 Å². The Morgan fingerprint density at radius 2 is 1.94 bits per heavy atom. The molecule has 4 rings (SSSR count). The lowest BCUT2D eigenvalue weighted by molar-refractivity contribution is -0.123. The molecule has 0 saturated carbocycles. The summed E-state index contributed by atoms with van der Waals surface area (Å²) in [5.74, 6) is -0.186. The van der Waals surface area contributed by atoms with Crippen molar-refractivity contribution < 1.29 is 13.9 Å². The third-order valence-electron chi connectivity index (χ3n) is 5.91. The predicted molar refractivity (Wildman–Crippen MR) is 132 cm³/mol. The lowest BCUT2D eigenvalue weighted by atomic mass is 9.88. The summed E-state index contributed by atoms with van der Waals surface area (Å²) < 4.78 is 20.5. The molecular formula is C27H28FN3O2. The lowest BCUT2D eigenvalue weighted by Crippen LogP contribution is -2.45. The summed E-state index contributed by atoms with van der Waals surface area (Å²) in [4.78, 5) is 14.4. The van der Waals surface area contributed by atoms with Crippen molar-refractivity contribution in [3.63, 3.8) is 0 Å². The SMILES string of the molecule is CCN1c2cc(F)c(/C=N/NC(=O)COc3cccc4ccccc34)cc2C(C)=CC1(C)C. The molecule has 0 radical (unpaired) electrons. The Kier molecular flexibility index (Phi) is 6.18. The number of benzene rings is 3. The Labute approximate surface area is 193 Å². The van der Waals surface area contributed by atoms with E-state index in [1.54, 1.807) is 12.1 Å². The molecule has 1 aliphatic rings. The molecule has 0 atom stereocenters. The Hall–Kier alpha value is -3.67. The van der Waals surface area contributed by atoms with Crippen LogP contribution in [0.1, 0.15) is 38.8 Å². The van der Waals surface area contributed by atoms with Crippen molar-refractivity contribution in [2.75, 3.05) is 18.1 Å². The number of halogens is 1. The van der Waals surface area contributed by atoms with E-state index in [9.17, 15) is 9.18 Å². The molecule has 3 aromatic rings. The second-order valence-corrected chi connectivity index (χ2v) is 8.68. The van der Waals surface area contributed by atoms with Gasteiger partial charge < -0.3 is 9.64 Å². The number of rotatable bonds is 6.